The third-order valence-electron chi connectivity index (χ3n) is 3.67. The number of nitrogens with two attached hydrogens (primary N) is 1. The molecule has 0 aliphatic carbocycles. The maximum atomic E-state index is 14.2. The number of halogens is 5. The van der Waals surface area contributed by atoms with Gasteiger partial charge in [-0.05, 0) is 12.1 Å². The zero-order chi connectivity index (χ0) is 24.1. The molecule has 0 fully saturated rings. The molecule has 2 aromatic rings. The summed E-state index contributed by atoms with van der Waals surface area (Å²) in [5.74, 6) is -5.68. The van der Waals surface area contributed by atoms with Crippen LogP contribution in [-0.2, 0) is 20.6 Å². The van der Waals surface area contributed by atoms with E-state index in [1.54, 1.807) is 0 Å². The van der Waals surface area contributed by atoms with Crippen LogP contribution < -0.4 is 16.4 Å². The number of carbonyl (C=O) groups excluding carboxylic acids is 3. The fourth-order valence-electron chi connectivity index (χ4n) is 2.33. The molecule has 0 radical (unpaired) electrons. The van der Waals surface area contributed by atoms with Crippen LogP contribution in [0.25, 0.3) is 11.3 Å². The number of alkyl halides is 3. The molecule has 0 bridgehead atoms. The van der Waals surface area contributed by atoms with Crippen LogP contribution in [0.3, 0.4) is 0 Å². The Hall–Kier alpha value is -3.00. The van der Waals surface area contributed by atoms with Crippen molar-refractivity contribution in [1.82, 2.24) is 10.3 Å². The highest BCUT2D eigenvalue weighted by Crippen LogP contribution is 2.38. The van der Waals surface area contributed by atoms with E-state index >= 15 is 0 Å². The first-order valence-electron chi connectivity index (χ1n) is 8.56. The van der Waals surface area contributed by atoms with Crippen molar-refractivity contribution in [2.75, 3.05) is 18.1 Å². The number of hydrogen-bond acceptors (Lipinski definition) is 7. The minimum Gasteiger partial charge on any atom is -0.383 e. The summed E-state index contributed by atoms with van der Waals surface area (Å²) in [5.41, 5.74) is 2.13. The third kappa shape index (κ3) is 6.75. The lowest BCUT2D eigenvalue weighted by molar-refractivity contribution is -0.142. The van der Waals surface area contributed by atoms with E-state index in [4.69, 9.17) is 5.73 Å². The molecule has 1 aromatic heterocycles. The third-order valence-corrected chi connectivity index (χ3v) is 5.52. The molecule has 0 unspecified atom stereocenters. The average molecular weight is 494 g/mol. The van der Waals surface area contributed by atoms with E-state index in [-0.39, 0.29) is 16.6 Å². The smallest absolute Gasteiger partial charge is 0.383 e. The van der Waals surface area contributed by atoms with Crippen molar-refractivity contribution in [3.8, 4) is 11.3 Å². The highest BCUT2D eigenvalue weighted by Gasteiger charge is 2.39. The number of aromatic nitrogens is 1. The molecular weight excluding hydrogens is 479 g/mol. The number of benzene rings is 1. The number of nitrogens with zero attached hydrogens (tertiary/aromatic N) is 1. The van der Waals surface area contributed by atoms with Crippen molar-refractivity contribution in [3.05, 3.63) is 45.8 Å². The van der Waals surface area contributed by atoms with E-state index in [9.17, 15) is 36.3 Å². The Morgan fingerprint density at radius 1 is 1.25 bits per heavy atom. The minimum absolute atomic E-state index is 0.0905. The predicted octanol–water partition coefficient (Wildman–Crippen LogP) is 3.28. The van der Waals surface area contributed by atoms with Gasteiger partial charge in [0.1, 0.15) is 17.2 Å². The summed E-state index contributed by atoms with van der Waals surface area (Å²) < 4.78 is 66.3. The SMILES string of the molecule is CN/C(=C\C(N)=O)SCC(=O)CC(=O)Nc1nc(-c2ccc(F)c(C(F)(F)F)c2F)cs1. The van der Waals surface area contributed by atoms with E-state index in [1.165, 1.54) is 12.4 Å². The molecule has 32 heavy (non-hydrogen) atoms. The fraction of sp³-hybridized carbons (Fsp3) is 0.222. The number of rotatable bonds is 9. The highest BCUT2D eigenvalue weighted by atomic mass is 32.2. The Morgan fingerprint density at radius 2 is 1.94 bits per heavy atom. The van der Waals surface area contributed by atoms with Crippen LogP contribution in [0.2, 0.25) is 0 Å². The first-order valence-corrected chi connectivity index (χ1v) is 10.4. The normalized spacial score (nSPS) is 11.9. The van der Waals surface area contributed by atoms with Crippen molar-refractivity contribution in [3.63, 3.8) is 0 Å². The van der Waals surface area contributed by atoms with Crippen LogP contribution in [0.4, 0.5) is 27.1 Å². The van der Waals surface area contributed by atoms with E-state index in [1.807, 2.05) is 0 Å². The number of amides is 2. The Kier molecular flexibility index (Phi) is 8.32. The number of hydrogen-bond donors (Lipinski definition) is 3. The summed E-state index contributed by atoms with van der Waals surface area (Å²) in [4.78, 5) is 38.6. The summed E-state index contributed by atoms with van der Waals surface area (Å²) in [6.07, 6.45) is -4.71. The van der Waals surface area contributed by atoms with E-state index in [2.05, 4.69) is 15.6 Å². The Morgan fingerprint density at radius 3 is 2.53 bits per heavy atom. The molecule has 1 aromatic carbocycles. The van der Waals surface area contributed by atoms with Crippen LogP contribution in [0, 0.1) is 11.6 Å². The van der Waals surface area contributed by atoms with E-state index in [0.29, 0.717) is 11.1 Å². The molecule has 0 aliphatic heterocycles. The Labute approximate surface area is 186 Å². The lowest BCUT2D eigenvalue weighted by Crippen LogP contribution is -2.18. The molecule has 172 valence electrons. The molecular formula is C18H15F5N4O3S2. The van der Waals surface area contributed by atoms with Gasteiger partial charge in [0.15, 0.2) is 10.9 Å². The van der Waals surface area contributed by atoms with Gasteiger partial charge in [-0.1, -0.05) is 0 Å². The van der Waals surface area contributed by atoms with E-state index in [0.717, 1.165) is 35.2 Å². The zero-order valence-electron chi connectivity index (χ0n) is 16.2. The first kappa shape index (κ1) is 25.3. The van der Waals surface area contributed by atoms with Gasteiger partial charge in [-0.25, -0.2) is 13.8 Å². The monoisotopic (exact) mass is 494 g/mol. The van der Waals surface area contributed by atoms with Gasteiger partial charge in [0.2, 0.25) is 11.8 Å². The quantitative estimate of drug-likeness (QED) is 0.280. The Bertz CT molecular complexity index is 1070. The first-order chi connectivity index (χ1) is 14.9. The van der Waals surface area contributed by atoms with Crippen LogP contribution in [0.1, 0.15) is 12.0 Å². The van der Waals surface area contributed by atoms with E-state index < -0.39 is 53.0 Å². The summed E-state index contributed by atoms with van der Waals surface area (Å²) in [6.45, 7) is 0. The number of Topliss-reactive ketones (excluding diaryl/α,β-unsaturated/α-hetero) is 1. The molecule has 2 amide bonds. The lowest BCUT2D eigenvalue weighted by atomic mass is 10.1. The largest absolute Gasteiger partial charge is 0.422 e. The molecule has 0 aliphatic rings. The van der Waals surface area contributed by atoms with Gasteiger partial charge in [-0.3, -0.25) is 14.4 Å². The van der Waals surface area contributed by atoms with Gasteiger partial charge in [0.25, 0.3) is 0 Å². The lowest BCUT2D eigenvalue weighted by Gasteiger charge is -2.11. The number of anilines is 1. The van der Waals surface area contributed by atoms with Gasteiger partial charge >= 0.3 is 6.18 Å². The average Bonchev–Trinajstić information content (AvgIpc) is 3.11. The van der Waals surface area contributed by atoms with Crippen LogP contribution in [0.5, 0.6) is 0 Å². The second-order valence-corrected chi connectivity index (χ2v) is 7.91. The number of nitrogens with one attached hydrogen (secondary N) is 2. The molecule has 4 N–H and O–H groups in total. The zero-order valence-corrected chi connectivity index (χ0v) is 17.8. The second kappa shape index (κ2) is 10.5. The summed E-state index contributed by atoms with van der Waals surface area (Å²) >= 11 is 1.74. The number of thiazole rings is 1. The molecule has 1 heterocycles. The van der Waals surface area contributed by atoms with Gasteiger partial charge in [0.05, 0.1) is 22.9 Å². The molecule has 0 spiro atoms. The molecule has 14 heteroatoms. The van der Waals surface area contributed by atoms with Crippen molar-refractivity contribution in [2.45, 2.75) is 12.6 Å². The maximum Gasteiger partial charge on any atom is 0.422 e. The number of carbonyl (C=O) groups is 3. The molecule has 2 rings (SSSR count). The number of thioether (sulfide) groups is 1. The molecule has 0 saturated carbocycles. The van der Waals surface area contributed by atoms with Crippen molar-refractivity contribution in [2.24, 2.45) is 5.73 Å². The standard InChI is InChI=1S/C18H15F5N4O3S2/c1-25-14(5-12(24)29)31-6-8(28)4-13(30)27-17-26-11(7-32-17)9-2-3-10(19)15(16(9)20)18(21,22)23/h2-3,5,7,25H,4,6H2,1H3,(H2,24,29)(H,26,27,30)/b14-5+. The molecule has 0 saturated heterocycles. The molecule has 7 nitrogen and oxygen atoms in total. The molecule has 0 atom stereocenters. The van der Waals surface area contributed by atoms with Crippen LogP contribution in [-0.4, -0.2) is 35.4 Å². The van der Waals surface area contributed by atoms with Crippen molar-refractivity contribution < 1.29 is 36.3 Å². The van der Waals surface area contributed by atoms with Gasteiger partial charge in [-0.15, -0.1) is 23.1 Å². The van der Waals surface area contributed by atoms with Crippen molar-refractivity contribution >= 4 is 45.8 Å². The number of primary amides is 1. The maximum absolute atomic E-state index is 14.2. The summed E-state index contributed by atoms with van der Waals surface area (Å²) in [6, 6.07) is 1.28. The van der Waals surface area contributed by atoms with Crippen LogP contribution in [0.15, 0.2) is 28.6 Å². The minimum atomic E-state index is -5.24. The number of ketones is 1. The topological polar surface area (TPSA) is 114 Å². The predicted molar refractivity (Wildman–Crippen MR) is 110 cm³/mol. The fourth-order valence-corrected chi connectivity index (χ4v) is 3.82. The van der Waals surface area contributed by atoms with Crippen molar-refractivity contribution in [1.29, 1.82) is 0 Å². The summed E-state index contributed by atoms with van der Waals surface area (Å²) in [5, 5.41) is 6.36. The highest BCUT2D eigenvalue weighted by molar-refractivity contribution is 8.03. The van der Waals surface area contributed by atoms with Gasteiger partial charge in [-0.2, -0.15) is 13.2 Å². The van der Waals surface area contributed by atoms with Gasteiger partial charge in [0, 0.05) is 24.1 Å². The summed E-state index contributed by atoms with van der Waals surface area (Å²) in [7, 11) is 1.51. The van der Waals surface area contributed by atoms with Crippen LogP contribution >= 0.6 is 23.1 Å². The van der Waals surface area contributed by atoms with Gasteiger partial charge < -0.3 is 16.4 Å². The Balaban J connectivity index is 2.04. The second-order valence-electron chi connectivity index (χ2n) is 6.03.